The van der Waals surface area contributed by atoms with Gasteiger partial charge in [0.15, 0.2) is 5.52 Å². The molecule has 4 N–H and O–H groups in total. The number of hydrogen-bond acceptors (Lipinski definition) is 6. The first-order valence-electron chi connectivity index (χ1n) is 4.61. The number of fused-ring (bicyclic) bond motifs is 1. The lowest BCUT2D eigenvalue weighted by molar-refractivity contribution is 0.168. The molecular formula is C8H10N6O2. The summed E-state index contributed by atoms with van der Waals surface area (Å²) in [7, 11) is 0. The Morgan fingerprint density at radius 1 is 1.62 bits per heavy atom. The van der Waals surface area contributed by atoms with Crippen molar-refractivity contribution in [2.24, 2.45) is 0 Å². The van der Waals surface area contributed by atoms with E-state index in [2.05, 4.69) is 25.7 Å². The summed E-state index contributed by atoms with van der Waals surface area (Å²) in [5.41, 5.74) is 6.88. The van der Waals surface area contributed by atoms with Crippen LogP contribution < -0.4 is 11.1 Å². The number of carbonyl (C=O) groups excluding carboxylic acids is 1. The van der Waals surface area contributed by atoms with Gasteiger partial charge in [-0.1, -0.05) is 0 Å². The van der Waals surface area contributed by atoms with Gasteiger partial charge in [-0.15, -0.1) is 5.10 Å². The van der Waals surface area contributed by atoms with E-state index in [1.54, 1.807) is 6.92 Å². The van der Waals surface area contributed by atoms with Crippen LogP contribution in [0.2, 0.25) is 0 Å². The van der Waals surface area contributed by atoms with Crippen LogP contribution in [0.3, 0.4) is 0 Å². The Balaban J connectivity index is 2.28. The number of pyridine rings is 1. The maximum atomic E-state index is 11.1. The van der Waals surface area contributed by atoms with Crippen molar-refractivity contribution >= 4 is 28.8 Å². The highest BCUT2D eigenvalue weighted by molar-refractivity contribution is 5.90. The number of ether oxygens (including phenoxy) is 1. The van der Waals surface area contributed by atoms with Crippen LogP contribution in [-0.2, 0) is 4.74 Å². The summed E-state index contributed by atoms with van der Waals surface area (Å²) in [6.07, 6.45) is -0.586. The van der Waals surface area contributed by atoms with Crippen molar-refractivity contribution in [3.05, 3.63) is 6.07 Å². The van der Waals surface area contributed by atoms with Crippen molar-refractivity contribution in [1.82, 2.24) is 20.4 Å². The number of H-pyrrole nitrogens is 1. The Hall–Kier alpha value is -2.38. The molecule has 0 radical (unpaired) electrons. The summed E-state index contributed by atoms with van der Waals surface area (Å²) in [6.45, 7) is 2.00. The number of anilines is 2. The van der Waals surface area contributed by atoms with Crippen molar-refractivity contribution in [3.8, 4) is 0 Å². The van der Waals surface area contributed by atoms with Crippen molar-refractivity contribution in [2.45, 2.75) is 6.92 Å². The molecule has 0 atom stereocenters. The zero-order chi connectivity index (χ0) is 11.5. The lowest BCUT2D eigenvalue weighted by atomic mass is 10.3. The number of nitrogens with zero attached hydrogens (tertiary/aromatic N) is 3. The van der Waals surface area contributed by atoms with Gasteiger partial charge >= 0.3 is 6.09 Å². The summed E-state index contributed by atoms with van der Waals surface area (Å²) in [5.74, 6) is 0.275. The van der Waals surface area contributed by atoms with Crippen LogP contribution in [-0.4, -0.2) is 33.1 Å². The molecule has 0 fully saturated rings. The molecule has 2 heterocycles. The Morgan fingerprint density at radius 3 is 3.19 bits per heavy atom. The van der Waals surface area contributed by atoms with E-state index in [1.165, 1.54) is 6.07 Å². The smallest absolute Gasteiger partial charge is 0.412 e. The highest BCUT2D eigenvalue weighted by Gasteiger charge is 2.09. The molecule has 0 unspecified atom stereocenters. The van der Waals surface area contributed by atoms with E-state index in [9.17, 15) is 4.79 Å². The second kappa shape index (κ2) is 4.01. The first-order chi connectivity index (χ1) is 7.70. The summed E-state index contributed by atoms with van der Waals surface area (Å²) < 4.78 is 4.70. The van der Waals surface area contributed by atoms with Crippen molar-refractivity contribution in [1.29, 1.82) is 0 Å². The number of rotatable bonds is 2. The van der Waals surface area contributed by atoms with Gasteiger partial charge < -0.3 is 10.5 Å². The molecule has 0 aliphatic rings. The van der Waals surface area contributed by atoms with E-state index < -0.39 is 6.09 Å². The molecule has 16 heavy (non-hydrogen) atoms. The van der Waals surface area contributed by atoms with Crippen LogP contribution in [0.25, 0.3) is 11.2 Å². The van der Waals surface area contributed by atoms with Gasteiger partial charge in [0.1, 0.15) is 5.82 Å². The average molecular weight is 222 g/mol. The summed E-state index contributed by atoms with van der Waals surface area (Å²) in [6, 6.07) is 1.49. The molecule has 0 aromatic carbocycles. The fourth-order valence-corrected chi connectivity index (χ4v) is 1.19. The maximum Gasteiger partial charge on any atom is 0.412 e. The fraction of sp³-hybridized carbons (Fsp3) is 0.250. The Kier molecular flexibility index (Phi) is 2.54. The topological polar surface area (TPSA) is 119 Å². The van der Waals surface area contributed by atoms with Gasteiger partial charge in [0.2, 0.25) is 5.65 Å². The molecule has 2 rings (SSSR count). The van der Waals surface area contributed by atoms with Crippen LogP contribution >= 0.6 is 0 Å². The number of aromatic nitrogens is 4. The Morgan fingerprint density at radius 2 is 2.44 bits per heavy atom. The Bertz CT molecular complexity index is 522. The monoisotopic (exact) mass is 222 g/mol. The number of nitrogens with two attached hydrogens (primary N) is 1. The quantitative estimate of drug-likeness (QED) is 0.680. The molecule has 0 spiro atoms. The van der Waals surface area contributed by atoms with Gasteiger partial charge in [0.05, 0.1) is 12.3 Å². The van der Waals surface area contributed by atoms with Gasteiger partial charge in [-0.05, 0) is 6.92 Å². The van der Waals surface area contributed by atoms with E-state index in [4.69, 9.17) is 10.5 Å². The van der Waals surface area contributed by atoms with Crippen LogP contribution in [0.15, 0.2) is 6.07 Å². The van der Waals surface area contributed by atoms with Crippen molar-refractivity contribution in [3.63, 3.8) is 0 Å². The number of aromatic amines is 1. The molecule has 8 nitrogen and oxygen atoms in total. The third kappa shape index (κ3) is 1.85. The minimum Gasteiger partial charge on any atom is -0.450 e. The summed E-state index contributed by atoms with van der Waals surface area (Å²) in [5, 5.41) is 12.4. The number of hydrogen-bond donors (Lipinski definition) is 3. The van der Waals surface area contributed by atoms with Gasteiger partial charge in [0, 0.05) is 6.07 Å². The zero-order valence-corrected chi connectivity index (χ0v) is 8.52. The fourth-order valence-electron chi connectivity index (χ4n) is 1.19. The van der Waals surface area contributed by atoms with E-state index in [1.807, 2.05) is 0 Å². The van der Waals surface area contributed by atoms with E-state index in [0.717, 1.165) is 0 Å². The van der Waals surface area contributed by atoms with E-state index in [0.29, 0.717) is 16.9 Å². The summed E-state index contributed by atoms with van der Waals surface area (Å²) in [4.78, 5) is 15.2. The lowest BCUT2D eigenvalue weighted by Crippen LogP contribution is -2.14. The molecule has 84 valence electrons. The van der Waals surface area contributed by atoms with Crippen molar-refractivity contribution in [2.75, 3.05) is 17.7 Å². The maximum absolute atomic E-state index is 11.1. The van der Waals surface area contributed by atoms with Gasteiger partial charge in [0.25, 0.3) is 0 Å². The molecule has 2 aromatic heterocycles. The molecule has 0 bridgehead atoms. The van der Waals surface area contributed by atoms with Gasteiger partial charge in [-0.2, -0.15) is 10.3 Å². The molecular weight excluding hydrogens is 212 g/mol. The SMILES string of the molecule is CCOC(=O)Nc1cc(N)c2n[nH]nc2n1. The van der Waals surface area contributed by atoms with Crippen molar-refractivity contribution < 1.29 is 9.53 Å². The van der Waals surface area contributed by atoms with Crippen LogP contribution in [0.4, 0.5) is 16.3 Å². The minimum atomic E-state index is -0.586. The third-order valence-corrected chi connectivity index (χ3v) is 1.83. The first-order valence-corrected chi connectivity index (χ1v) is 4.61. The molecule has 0 saturated heterocycles. The zero-order valence-electron chi connectivity index (χ0n) is 8.52. The standard InChI is InChI=1S/C8H10N6O2/c1-2-16-8(15)11-5-3-4(9)6-7(10-5)13-14-12-6/h3H,2H2,1H3,(H4,9,10,11,12,13,14,15). The largest absolute Gasteiger partial charge is 0.450 e. The predicted octanol–water partition coefficient (Wildman–Crippen LogP) is 0.504. The van der Waals surface area contributed by atoms with E-state index >= 15 is 0 Å². The number of carbonyl (C=O) groups is 1. The Labute approximate surface area is 90.2 Å². The second-order valence-corrected chi connectivity index (χ2v) is 2.94. The number of nitrogens with one attached hydrogen (secondary N) is 2. The first kappa shape index (κ1) is 10.1. The van der Waals surface area contributed by atoms with Crippen LogP contribution in [0, 0.1) is 0 Å². The van der Waals surface area contributed by atoms with Gasteiger partial charge in [-0.25, -0.2) is 9.78 Å². The molecule has 2 aromatic rings. The van der Waals surface area contributed by atoms with E-state index in [-0.39, 0.29) is 12.4 Å². The van der Waals surface area contributed by atoms with Gasteiger partial charge in [-0.3, -0.25) is 5.32 Å². The molecule has 0 aliphatic carbocycles. The molecule has 0 aliphatic heterocycles. The molecule has 1 amide bonds. The summed E-state index contributed by atoms with van der Waals surface area (Å²) >= 11 is 0. The highest BCUT2D eigenvalue weighted by atomic mass is 16.5. The lowest BCUT2D eigenvalue weighted by Gasteiger charge is -2.04. The minimum absolute atomic E-state index is 0.275. The van der Waals surface area contributed by atoms with Crippen LogP contribution in [0.1, 0.15) is 6.92 Å². The second-order valence-electron chi connectivity index (χ2n) is 2.94. The average Bonchev–Trinajstić information content (AvgIpc) is 2.66. The normalized spacial score (nSPS) is 10.3. The number of amides is 1. The highest BCUT2D eigenvalue weighted by Crippen LogP contribution is 2.18. The third-order valence-electron chi connectivity index (χ3n) is 1.83. The predicted molar refractivity (Wildman–Crippen MR) is 56.7 cm³/mol. The number of nitrogen functional groups attached to an aromatic ring is 1. The molecule has 8 heteroatoms. The molecule has 0 saturated carbocycles. The van der Waals surface area contributed by atoms with Crippen LogP contribution in [0.5, 0.6) is 0 Å².